The second kappa shape index (κ2) is 4.53. The molecule has 0 saturated heterocycles. The lowest BCUT2D eigenvalue weighted by atomic mass is 10.1. The number of benzene rings is 3. The Morgan fingerprint density at radius 2 is 1.44 bits per heavy atom. The minimum atomic E-state index is 1.03. The summed E-state index contributed by atoms with van der Waals surface area (Å²) in [5.74, 6) is 0. The van der Waals surface area contributed by atoms with E-state index in [1.54, 1.807) is 0 Å². The van der Waals surface area contributed by atoms with E-state index in [1.807, 2.05) is 24.3 Å². The molecule has 0 amide bonds. The standard InChI is InChI=1S/C17H14N/c1-13-9-11-15(12-10-13)18-17-8-4-6-14-5-2-3-7-16(14)17/h2-12,18H,1H2. The van der Waals surface area contributed by atoms with Gasteiger partial charge in [0.1, 0.15) is 0 Å². The first kappa shape index (κ1) is 10.8. The highest BCUT2D eigenvalue weighted by Crippen LogP contribution is 2.26. The molecule has 0 atom stereocenters. The first-order chi connectivity index (χ1) is 8.83. The minimum Gasteiger partial charge on any atom is -0.355 e. The van der Waals surface area contributed by atoms with Gasteiger partial charge >= 0.3 is 0 Å². The van der Waals surface area contributed by atoms with Gasteiger partial charge in [-0.05, 0) is 36.1 Å². The fourth-order valence-electron chi connectivity index (χ4n) is 2.08. The molecule has 3 aromatic rings. The lowest BCUT2D eigenvalue weighted by Gasteiger charge is -2.10. The smallest absolute Gasteiger partial charge is 0.0463 e. The Hall–Kier alpha value is -2.28. The molecule has 0 aliphatic rings. The van der Waals surface area contributed by atoms with Crippen molar-refractivity contribution in [2.45, 2.75) is 0 Å². The number of nitrogens with one attached hydrogen (secondary N) is 1. The first-order valence-electron chi connectivity index (χ1n) is 6.00. The van der Waals surface area contributed by atoms with Crippen LogP contribution in [0.25, 0.3) is 10.8 Å². The Balaban J connectivity index is 2.02. The van der Waals surface area contributed by atoms with Crippen molar-refractivity contribution in [3.63, 3.8) is 0 Å². The zero-order chi connectivity index (χ0) is 12.4. The molecule has 87 valence electrons. The molecule has 0 fully saturated rings. The maximum atomic E-state index is 3.89. The lowest BCUT2D eigenvalue weighted by molar-refractivity contribution is 1.54. The van der Waals surface area contributed by atoms with E-state index in [2.05, 4.69) is 54.7 Å². The van der Waals surface area contributed by atoms with E-state index in [4.69, 9.17) is 0 Å². The van der Waals surface area contributed by atoms with Crippen LogP contribution in [0.3, 0.4) is 0 Å². The Morgan fingerprint density at radius 3 is 2.28 bits per heavy atom. The SMILES string of the molecule is [CH2]c1ccc(Nc2cccc3ccccc23)cc1. The average molecular weight is 232 g/mol. The third-order valence-corrected chi connectivity index (χ3v) is 3.02. The lowest BCUT2D eigenvalue weighted by Crippen LogP contribution is -1.91. The van der Waals surface area contributed by atoms with E-state index in [0.29, 0.717) is 0 Å². The van der Waals surface area contributed by atoms with Crippen molar-refractivity contribution < 1.29 is 0 Å². The number of anilines is 2. The van der Waals surface area contributed by atoms with Gasteiger partial charge in [0, 0.05) is 16.8 Å². The van der Waals surface area contributed by atoms with E-state index in [0.717, 1.165) is 16.9 Å². The molecule has 0 aliphatic heterocycles. The van der Waals surface area contributed by atoms with Gasteiger partial charge in [-0.2, -0.15) is 0 Å². The molecule has 0 heterocycles. The van der Waals surface area contributed by atoms with Crippen LogP contribution in [-0.4, -0.2) is 0 Å². The Bertz CT molecular complexity index is 663. The highest BCUT2D eigenvalue weighted by atomic mass is 14.9. The van der Waals surface area contributed by atoms with E-state index in [9.17, 15) is 0 Å². The predicted octanol–water partition coefficient (Wildman–Crippen LogP) is 4.77. The summed E-state index contributed by atoms with van der Waals surface area (Å²) in [6, 6.07) is 22.8. The summed E-state index contributed by atoms with van der Waals surface area (Å²) in [5, 5.41) is 5.93. The molecule has 0 unspecified atom stereocenters. The topological polar surface area (TPSA) is 12.0 Å². The highest BCUT2D eigenvalue weighted by molar-refractivity contribution is 5.95. The molecular weight excluding hydrogens is 218 g/mol. The van der Waals surface area contributed by atoms with E-state index >= 15 is 0 Å². The van der Waals surface area contributed by atoms with Crippen LogP contribution in [-0.2, 0) is 0 Å². The Morgan fingerprint density at radius 1 is 0.722 bits per heavy atom. The fraction of sp³-hybridized carbons (Fsp3) is 0. The fourth-order valence-corrected chi connectivity index (χ4v) is 2.08. The normalized spacial score (nSPS) is 10.5. The van der Waals surface area contributed by atoms with Gasteiger partial charge in [0.15, 0.2) is 0 Å². The number of fused-ring (bicyclic) bond motifs is 1. The van der Waals surface area contributed by atoms with E-state index in [-0.39, 0.29) is 0 Å². The highest BCUT2D eigenvalue weighted by Gasteiger charge is 2.00. The molecule has 0 bridgehead atoms. The third-order valence-electron chi connectivity index (χ3n) is 3.02. The predicted molar refractivity (Wildman–Crippen MR) is 78.1 cm³/mol. The molecule has 0 aromatic heterocycles. The monoisotopic (exact) mass is 232 g/mol. The number of hydrogen-bond acceptors (Lipinski definition) is 1. The summed E-state index contributed by atoms with van der Waals surface area (Å²) < 4.78 is 0. The van der Waals surface area contributed by atoms with Crippen molar-refractivity contribution in [1.29, 1.82) is 0 Å². The van der Waals surface area contributed by atoms with Crippen molar-refractivity contribution in [1.82, 2.24) is 0 Å². The van der Waals surface area contributed by atoms with Crippen molar-refractivity contribution in [3.05, 3.63) is 79.2 Å². The Kier molecular flexibility index (Phi) is 2.73. The van der Waals surface area contributed by atoms with E-state index in [1.165, 1.54) is 10.8 Å². The van der Waals surface area contributed by atoms with Gasteiger partial charge in [0.05, 0.1) is 0 Å². The van der Waals surface area contributed by atoms with Crippen LogP contribution in [0.5, 0.6) is 0 Å². The van der Waals surface area contributed by atoms with Crippen LogP contribution in [0.4, 0.5) is 11.4 Å². The van der Waals surface area contributed by atoms with Crippen LogP contribution < -0.4 is 5.32 Å². The summed E-state index contributed by atoms with van der Waals surface area (Å²) in [6.07, 6.45) is 0. The molecule has 0 saturated carbocycles. The maximum Gasteiger partial charge on any atom is 0.0463 e. The molecule has 18 heavy (non-hydrogen) atoms. The third kappa shape index (κ3) is 2.07. The summed E-state index contributed by atoms with van der Waals surface area (Å²) in [6.45, 7) is 3.89. The Labute approximate surface area is 107 Å². The molecule has 0 spiro atoms. The van der Waals surface area contributed by atoms with Gasteiger partial charge in [-0.1, -0.05) is 48.5 Å². The molecular formula is C17H14N. The van der Waals surface area contributed by atoms with Crippen LogP contribution in [0, 0.1) is 6.92 Å². The molecule has 0 aliphatic carbocycles. The van der Waals surface area contributed by atoms with Crippen LogP contribution in [0.15, 0.2) is 66.7 Å². The van der Waals surface area contributed by atoms with Crippen LogP contribution >= 0.6 is 0 Å². The second-order valence-electron chi connectivity index (χ2n) is 4.35. The largest absolute Gasteiger partial charge is 0.355 e. The van der Waals surface area contributed by atoms with Crippen molar-refractivity contribution >= 4 is 22.1 Å². The van der Waals surface area contributed by atoms with Gasteiger partial charge in [0.25, 0.3) is 0 Å². The molecule has 3 aromatic carbocycles. The van der Waals surface area contributed by atoms with Crippen molar-refractivity contribution in [2.24, 2.45) is 0 Å². The summed E-state index contributed by atoms with van der Waals surface area (Å²) in [7, 11) is 0. The quantitative estimate of drug-likeness (QED) is 0.671. The zero-order valence-corrected chi connectivity index (χ0v) is 10.1. The molecule has 1 N–H and O–H groups in total. The average Bonchev–Trinajstić information content (AvgIpc) is 2.42. The summed E-state index contributed by atoms with van der Waals surface area (Å²) in [5.41, 5.74) is 3.24. The maximum absolute atomic E-state index is 3.89. The van der Waals surface area contributed by atoms with Crippen LogP contribution in [0.2, 0.25) is 0 Å². The van der Waals surface area contributed by atoms with Gasteiger partial charge in [-0.25, -0.2) is 0 Å². The molecule has 3 rings (SSSR count). The van der Waals surface area contributed by atoms with Crippen molar-refractivity contribution in [2.75, 3.05) is 5.32 Å². The second-order valence-corrected chi connectivity index (χ2v) is 4.35. The van der Waals surface area contributed by atoms with Gasteiger partial charge in [0.2, 0.25) is 0 Å². The number of hydrogen-bond donors (Lipinski definition) is 1. The van der Waals surface area contributed by atoms with Crippen molar-refractivity contribution in [3.8, 4) is 0 Å². The van der Waals surface area contributed by atoms with Gasteiger partial charge in [-0.15, -0.1) is 0 Å². The molecule has 1 nitrogen and oxygen atoms in total. The zero-order valence-electron chi connectivity index (χ0n) is 10.1. The van der Waals surface area contributed by atoms with Gasteiger partial charge < -0.3 is 5.32 Å². The van der Waals surface area contributed by atoms with E-state index < -0.39 is 0 Å². The summed E-state index contributed by atoms with van der Waals surface area (Å²) >= 11 is 0. The number of rotatable bonds is 2. The summed E-state index contributed by atoms with van der Waals surface area (Å²) in [4.78, 5) is 0. The minimum absolute atomic E-state index is 1.03. The first-order valence-corrected chi connectivity index (χ1v) is 6.00. The van der Waals surface area contributed by atoms with Crippen LogP contribution in [0.1, 0.15) is 5.56 Å². The molecule has 1 heteroatoms. The molecule has 1 radical (unpaired) electrons. The van der Waals surface area contributed by atoms with Gasteiger partial charge in [-0.3, -0.25) is 0 Å².